The van der Waals surface area contributed by atoms with Crippen LogP contribution in [0.2, 0.25) is 0 Å². The zero-order valence-electron chi connectivity index (χ0n) is 13.5. The zero-order chi connectivity index (χ0) is 16.2. The fourth-order valence-electron chi connectivity index (χ4n) is 2.30. The van der Waals surface area contributed by atoms with Gasteiger partial charge in [0.1, 0.15) is 5.69 Å². The first-order valence-electron chi connectivity index (χ1n) is 7.57. The van der Waals surface area contributed by atoms with Crippen LogP contribution in [0.4, 0.5) is 0 Å². The molecule has 0 radical (unpaired) electrons. The maximum atomic E-state index is 5.38. The summed E-state index contributed by atoms with van der Waals surface area (Å²) in [5.41, 5.74) is 1.87. The van der Waals surface area contributed by atoms with Gasteiger partial charge in [0, 0.05) is 37.6 Å². The molecule has 0 amide bonds. The van der Waals surface area contributed by atoms with Crippen molar-refractivity contribution in [2.45, 2.75) is 33.0 Å². The molecule has 7 nitrogen and oxygen atoms in total. The molecule has 120 valence electrons. The second-order valence-electron chi connectivity index (χ2n) is 5.75. The highest BCUT2D eigenvalue weighted by Crippen LogP contribution is 2.15. The van der Waals surface area contributed by atoms with Gasteiger partial charge in [-0.2, -0.15) is 10.1 Å². The van der Waals surface area contributed by atoms with E-state index in [1.807, 2.05) is 37.6 Å². The summed E-state index contributed by atoms with van der Waals surface area (Å²) in [7, 11) is 1.92. The van der Waals surface area contributed by atoms with Gasteiger partial charge < -0.3 is 4.52 Å². The van der Waals surface area contributed by atoms with E-state index in [4.69, 9.17) is 4.52 Å². The molecule has 0 aromatic carbocycles. The molecule has 7 heteroatoms. The predicted molar refractivity (Wildman–Crippen MR) is 85.1 cm³/mol. The van der Waals surface area contributed by atoms with Crippen LogP contribution in [0, 0.1) is 0 Å². The minimum Gasteiger partial charge on any atom is -0.337 e. The Morgan fingerprint density at radius 1 is 1.26 bits per heavy atom. The van der Waals surface area contributed by atoms with Crippen LogP contribution in [-0.4, -0.2) is 35.8 Å². The molecule has 3 aromatic heterocycles. The third-order valence-electron chi connectivity index (χ3n) is 3.57. The number of pyridine rings is 1. The average Bonchev–Trinajstić information content (AvgIpc) is 3.17. The van der Waals surface area contributed by atoms with Gasteiger partial charge in [0.25, 0.3) is 0 Å². The number of aromatic nitrogens is 5. The molecule has 0 spiro atoms. The number of hydrogen-bond donors (Lipinski definition) is 0. The lowest BCUT2D eigenvalue weighted by atomic mass is 10.2. The molecule has 0 aliphatic heterocycles. The van der Waals surface area contributed by atoms with Gasteiger partial charge in [-0.1, -0.05) is 11.2 Å². The molecule has 3 aromatic rings. The summed E-state index contributed by atoms with van der Waals surface area (Å²) in [6.07, 6.45) is 5.61. The van der Waals surface area contributed by atoms with Gasteiger partial charge >= 0.3 is 0 Å². The van der Waals surface area contributed by atoms with Crippen LogP contribution in [0.5, 0.6) is 0 Å². The fourth-order valence-corrected chi connectivity index (χ4v) is 2.30. The predicted octanol–water partition coefficient (Wildman–Crippen LogP) is 2.28. The molecule has 0 N–H and O–H groups in total. The Morgan fingerprint density at radius 2 is 2.13 bits per heavy atom. The molecule has 3 rings (SSSR count). The number of rotatable bonds is 6. The van der Waals surface area contributed by atoms with Crippen molar-refractivity contribution in [3.8, 4) is 11.5 Å². The van der Waals surface area contributed by atoms with Crippen LogP contribution in [0.15, 0.2) is 41.3 Å². The first-order chi connectivity index (χ1) is 11.1. The van der Waals surface area contributed by atoms with Gasteiger partial charge in [-0.15, -0.1) is 0 Å². The van der Waals surface area contributed by atoms with Crippen LogP contribution in [-0.2, 0) is 20.1 Å². The minimum atomic E-state index is 0.348. The number of hydrogen-bond acceptors (Lipinski definition) is 6. The van der Waals surface area contributed by atoms with Gasteiger partial charge in [0.2, 0.25) is 11.7 Å². The molecule has 0 saturated carbocycles. The highest BCUT2D eigenvalue weighted by molar-refractivity contribution is 5.46. The van der Waals surface area contributed by atoms with Crippen LogP contribution in [0.1, 0.15) is 25.3 Å². The van der Waals surface area contributed by atoms with E-state index in [-0.39, 0.29) is 0 Å². The molecule has 0 bridgehead atoms. The Morgan fingerprint density at radius 3 is 2.78 bits per heavy atom. The van der Waals surface area contributed by atoms with Crippen LogP contribution in [0.3, 0.4) is 0 Å². The second kappa shape index (κ2) is 6.70. The van der Waals surface area contributed by atoms with Crippen LogP contribution < -0.4 is 0 Å². The molecular weight excluding hydrogens is 292 g/mol. The van der Waals surface area contributed by atoms with Crippen LogP contribution >= 0.6 is 0 Å². The lowest BCUT2D eigenvalue weighted by molar-refractivity contribution is 0.176. The third-order valence-corrected chi connectivity index (χ3v) is 3.57. The van der Waals surface area contributed by atoms with E-state index < -0.39 is 0 Å². The highest BCUT2D eigenvalue weighted by atomic mass is 16.5. The molecule has 0 fully saturated rings. The van der Waals surface area contributed by atoms with Crippen molar-refractivity contribution in [3.63, 3.8) is 0 Å². The maximum Gasteiger partial charge on any atom is 0.241 e. The summed E-state index contributed by atoms with van der Waals surface area (Å²) >= 11 is 0. The Bertz CT molecular complexity index is 749. The van der Waals surface area contributed by atoms with Crippen molar-refractivity contribution < 1.29 is 4.52 Å². The number of aryl methyl sites for hydroxylation is 1. The zero-order valence-corrected chi connectivity index (χ0v) is 13.5. The maximum absolute atomic E-state index is 5.38. The fraction of sp³-hybridized carbons (Fsp3) is 0.375. The first-order valence-corrected chi connectivity index (χ1v) is 7.57. The monoisotopic (exact) mass is 312 g/mol. The standard InChI is InChI=1S/C16H20N6O/c1-12(2)22(10-13-8-18-21(3)9-13)11-15-19-16(20-23-15)14-6-4-5-7-17-14/h4-9,12H,10-11H2,1-3H3. The van der Waals surface area contributed by atoms with E-state index in [2.05, 4.69) is 39.0 Å². The van der Waals surface area contributed by atoms with E-state index in [0.717, 1.165) is 12.1 Å². The summed E-state index contributed by atoms with van der Waals surface area (Å²) in [5.74, 6) is 1.11. The Hall–Kier alpha value is -2.54. The molecule has 23 heavy (non-hydrogen) atoms. The van der Waals surface area contributed by atoms with Crippen molar-refractivity contribution in [2.24, 2.45) is 7.05 Å². The Balaban J connectivity index is 1.72. The van der Waals surface area contributed by atoms with Gasteiger partial charge in [0.05, 0.1) is 12.7 Å². The molecule has 0 aliphatic carbocycles. The normalized spacial score (nSPS) is 11.5. The molecule has 0 saturated heterocycles. The summed E-state index contributed by atoms with van der Waals surface area (Å²) in [6.45, 7) is 5.66. The third kappa shape index (κ3) is 3.81. The molecule has 0 unspecified atom stereocenters. The lowest BCUT2D eigenvalue weighted by Crippen LogP contribution is -2.29. The van der Waals surface area contributed by atoms with Crippen molar-refractivity contribution in [2.75, 3.05) is 0 Å². The van der Waals surface area contributed by atoms with E-state index in [9.17, 15) is 0 Å². The van der Waals surface area contributed by atoms with E-state index in [1.54, 1.807) is 10.9 Å². The van der Waals surface area contributed by atoms with Gasteiger partial charge in [-0.05, 0) is 26.0 Å². The average molecular weight is 312 g/mol. The van der Waals surface area contributed by atoms with E-state index in [1.165, 1.54) is 0 Å². The minimum absolute atomic E-state index is 0.348. The van der Waals surface area contributed by atoms with Crippen molar-refractivity contribution in [3.05, 3.63) is 48.2 Å². The summed E-state index contributed by atoms with van der Waals surface area (Å²) < 4.78 is 7.18. The molecule has 0 aliphatic rings. The Labute approximate surface area is 135 Å². The smallest absolute Gasteiger partial charge is 0.241 e. The highest BCUT2D eigenvalue weighted by Gasteiger charge is 2.17. The first kappa shape index (κ1) is 15.4. The number of nitrogens with zero attached hydrogens (tertiary/aromatic N) is 6. The largest absolute Gasteiger partial charge is 0.337 e. The lowest BCUT2D eigenvalue weighted by Gasteiger charge is -2.23. The van der Waals surface area contributed by atoms with E-state index in [0.29, 0.717) is 30.0 Å². The van der Waals surface area contributed by atoms with E-state index >= 15 is 0 Å². The van der Waals surface area contributed by atoms with Crippen molar-refractivity contribution in [1.82, 2.24) is 29.8 Å². The molecule has 0 atom stereocenters. The summed E-state index contributed by atoms with van der Waals surface area (Å²) in [4.78, 5) is 10.9. The van der Waals surface area contributed by atoms with Gasteiger partial charge in [-0.3, -0.25) is 14.6 Å². The van der Waals surface area contributed by atoms with Gasteiger partial charge in [-0.25, -0.2) is 0 Å². The quantitative estimate of drug-likeness (QED) is 0.695. The SMILES string of the molecule is CC(C)N(Cc1cnn(C)c1)Cc1nc(-c2ccccn2)no1. The Kier molecular flexibility index (Phi) is 4.47. The summed E-state index contributed by atoms with van der Waals surface area (Å²) in [5, 5.41) is 8.23. The topological polar surface area (TPSA) is 72.9 Å². The summed E-state index contributed by atoms with van der Waals surface area (Å²) in [6, 6.07) is 5.98. The van der Waals surface area contributed by atoms with Crippen LogP contribution in [0.25, 0.3) is 11.5 Å². The van der Waals surface area contributed by atoms with Crippen molar-refractivity contribution in [1.29, 1.82) is 0 Å². The molecule has 3 heterocycles. The van der Waals surface area contributed by atoms with Gasteiger partial charge in [0.15, 0.2) is 0 Å². The second-order valence-corrected chi connectivity index (χ2v) is 5.75. The van der Waals surface area contributed by atoms with Crippen molar-refractivity contribution >= 4 is 0 Å². The molecular formula is C16H20N6O.